The zero-order valence-corrected chi connectivity index (χ0v) is 22.7. The van der Waals surface area contributed by atoms with Crippen molar-refractivity contribution in [3.05, 3.63) is 47.3 Å². The molecule has 12 heteroatoms. The van der Waals surface area contributed by atoms with E-state index in [4.69, 9.17) is 22.2 Å². The number of nitrogens with one attached hydrogen (secondary N) is 1. The number of likely N-dealkylation sites (tertiary alicyclic amines) is 1. The molecule has 8 nitrogen and oxygen atoms in total. The Kier molecular flexibility index (Phi) is 7.03. The van der Waals surface area contributed by atoms with Crippen LogP contribution >= 0.6 is 12.2 Å². The number of carbonyl (C=O) groups is 1. The summed E-state index contributed by atoms with van der Waals surface area (Å²) in [6, 6.07) is 8.91. The van der Waals surface area contributed by atoms with Crippen molar-refractivity contribution in [2.45, 2.75) is 57.4 Å². The number of nitrogens with zero attached hydrogens (tertiary/aromatic N) is 5. The van der Waals surface area contributed by atoms with Crippen LogP contribution in [0.15, 0.2) is 30.5 Å². The number of hydrogen-bond donors (Lipinski definition) is 1. The maximum atomic E-state index is 13.6. The predicted molar refractivity (Wildman–Crippen MR) is 144 cm³/mol. The summed E-state index contributed by atoms with van der Waals surface area (Å²) in [5.41, 5.74) is -1.75. The molecule has 2 aromatic rings. The highest BCUT2D eigenvalue weighted by Gasteiger charge is 2.51. The van der Waals surface area contributed by atoms with E-state index < -0.39 is 28.9 Å². The first-order valence-corrected chi connectivity index (χ1v) is 13.3. The molecule has 1 aromatic heterocycles. The van der Waals surface area contributed by atoms with Crippen LogP contribution in [-0.4, -0.2) is 64.8 Å². The molecule has 0 aliphatic carbocycles. The summed E-state index contributed by atoms with van der Waals surface area (Å²) in [4.78, 5) is 22.3. The number of piperazine rings is 1. The molecule has 39 heavy (non-hydrogen) atoms. The van der Waals surface area contributed by atoms with E-state index in [-0.39, 0.29) is 10.8 Å². The van der Waals surface area contributed by atoms with Crippen molar-refractivity contribution in [3.63, 3.8) is 0 Å². The van der Waals surface area contributed by atoms with Gasteiger partial charge in [-0.25, -0.2) is 4.98 Å². The second-order valence-electron chi connectivity index (χ2n) is 10.5. The molecule has 5 rings (SSSR count). The lowest BCUT2D eigenvalue weighted by Crippen LogP contribution is -2.45. The van der Waals surface area contributed by atoms with Crippen LogP contribution in [0.3, 0.4) is 0 Å². The number of nitriles is 1. The summed E-state index contributed by atoms with van der Waals surface area (Å²) >= 11 is 5.63. The molecule has 1 aromatic carbocycles. The van der Waals surface area contributed by atoms with Crippen LogP contribution in [0.2, 0.25) is 0 Å². The van der Waals surface area contributed by atoms with E-state index in [2.05, 4.69) is 15.2 Å². The van der Waals surface area contributed by atoms with Gasteiger partial charge < -0.3 is 15.0 Å². The molecular weight excluding hydrogens is 529 g/mol. The average molecular weight is 559 g/mol. The fraction of sp³-hybridized carbons (Fsp3) is 0.481. The van der Waals surface area contributed by atoms with E-state index in [1.54, 1.807) is 24.8 Å². The molecule has 3 saturated heterocycles. The highest BCUT2D eigenvalue weighted by Crippen LogP contribution is 2.40. The van der Waals surface area contributed by atoms with Gasteiger partial charge in [0.05, 0.1) is 17.4 Å². The van der Waals surface area contributed by atoms with Crippen molar-refractivity contribution in [2.75, 3.05) is 36.0 Å². The number of pyridine rings is 1. The van der Waals surface area contributed by atoms with Gasteiger partial charge in [0, 0.05) is 37.4 Å². The molecule has 0 saturated carbocycles. The number of alkyl halides is 3. The SMILES string of the molecule is CCc1cc(N2C(=S)N(c3cnc(C#N)c(C(F)(F)F)c3)C(=O)C2(C)C)ccc1OCCN1C[C@@H]2C[C@H]1CN2. The number of halogens is 3. The number of thiocarbonyl (C=S) groups is 1. The number of benzene rings is 1. The Morgan fingerprint density at radius 3 is 2.67 bits per heavy atom. The summed E-state index contributed by atoms with van der Waals surface area (Å²) in [6.07, 6.45) is -1.89. The van der Waals surface area contributed by atoms with Gasteiger partial charge in [0.1, 0.15) is 24.0 Å². The number of fused-ring (bicyclic) bond motifs is 2. The van der Waals surface area contributed by atoms with E-state index in [1.165, 1.54) is 12.5 Å². The monoisotopic (exact) mass is 558 g/mol. The molecule has 1 N–H and O–H groups in total. The summed E-state index contributed by atoms with van der Waals surface area (Å²) in [5.74, 6) is 0.251. The smallest absolute Gasteiger partial charge is 0.419 e. The zero-order valence-electron chi connectivity index (χ0n) is 21.9. The molecule has 0 radical (unpaired) electrons. The van der Waals surface area contributed by atoms with E-state index in [0.29, 0.717) is 30.8 Å². The molecule has 206 valence electrons. The Morgan fingerprint density at radius 2 is 2.05 bits per heavy atom. The standard InChI is InChI=1S/C27H29F3N6O2S/c1-4-16-9-18(5-6-23(16)38-8-7-34-15-17-10-19(34)13-32-17)36-25(39)35(24(37)26(36,2)3)20-11-21(27(28,29)30)22(12-31)33-14-20/h5-6,9,11,14,17,19,32H,4,7-8,10,13,15H2,1-3H3/t17-,19-/m0/s1. The number of rotatable bonds is 7. The number of aromatic nitrogens is 1. The Hall–Kier alpha value is -3.27. The summed E-state index contributed by atoms with van der Waals surface area (Å²) < 4.78 is 46.9. The van der Waals surface area contributed by atoms with Gasteiger partial charge in [-0.3, -0.25) is 14.6 Å². The number of anilines is 2. The Morgan fingerprint density at radius 1 is 1.28 bits per heavy atom. The predicted octanol–water partition coefficient (Wildman–Crippen LogP) is 3.88. The van der Waals surface area contributed by atoms with Crippen molar-refractivity contribution < 1.29 is 22.7 Å². The second kappa shape index (κ2) is 10.0. The fourth-order valence-corrected chi connectivity index (χ4v) is 6.18. The molecule has 3 fully saturated rings. The van der Waals surface area contributed by atoms with Gasteiger partial charge in [-0.15, -0.1) is 0 Å². The third kappa shape index (κ3) is 4.83. The molecule has 4 heterocycles. The first kappa shape index (κ1) is 27.3. The van der Waals surface area contributed by atoms with E-state index in [9.17, 15) is 18.0 Å². The lowest BCUT2D eigenvalue weighted by molar-refractivity contribution is -0.138. The Labute approximate surface area is 230 Å². The number of ether oxygens (including phenoxy) is 1. The number of aryl methyl sites for hydroxylation is 1. The minimum atomic E-state index is -4.81. The van der Waals surface area contributed by atoms with Gasteiger partial charge in [-0.05, 0) is 68.7 Å². The first-order chi connectivity index (χ1) is 18.5. The Bertz CT molecular complexity index is 1360. The molecular formula is C27H29F3N6O2S. The summed E-state index contributed by atoms with van der Waals surface area (Å²) in [7, 11) is 0. The van der Waals surface area contributed by atoms with Crippen molar-refractivity contribution in [3.8, 4) is 11.8 Å². The van der Waals surface area contributed by atoms with Crippen molar-refractivity contribution in [2.24, 2.45) is 0 Å². The van der Waals surface area contributed by atoms with Gasteiger partial charge in [-0.1, -0.05) is 6.92 Å². The highest BCUT2D eigenvalue weighted by molar-refractivity contribution is 7.81. The fourth-order valence-electron chi connectivity index (χ4n) is 5.65. The molecule has 3 aliphatic rings. The lowest BCUT2D eigenvalue weighted by atomic mass is 10.0. The minimum Gasteiger partial charge on any atom is -0.492 e. The third-order valence-corrected chi connectivity index (χ3v) is 8.07. The number of carbonyl (C=O) groups excluding carboxylic acids is 1. The summed E-state index contributed by atoms with van der Waals surface area (Å²) in [6.45, 7) is 8.80. The second-order valence-corrected chi connectivity index (χ2v) is 10.9. The maximum absolute atomic E-state index is 13.6. The molecule has 2 bridgehead atoms. The quantitative estimate of drug-likeness (QED) is 0.513. The van der Waals surface area contributed by atoms with Gasteiger partial charge in [-0.2, -0.15) is 18.4 Å². The van der Waals surface area contributed by atoms with Crippen LogP contribution in [0.5, 0.6) is 5.75 Å². The van der Waals surface area contributed by atoms with Crippen molar-refractivity contribution in [1.82, 2.24) is 15.2 Å². The van der Waals surface area contributed by atoms with Gasteiger partial charge >= 0.3 is 6.18 Å². The average Bonchev–Trinajstić information content (AvgIpc) is 3.56. The molecule has 3 aliphatic heterocycles. The van der Waals surface area contributed by atoms with E-state index in [0.717, 1.165) is 48.1 Å². The van der Waals surface area contributed by atoms with Crippen LogP contribution in [0.25, 0.3) is 0 Å². The Balaban J connectivity index is 1.38. The normalized spacial score (nSPS) is 22.6. The minimum absolute atomic E-state index is 0.0260. The first-order valence-electron chi connectivity index (χ1n) is 12.8. The van der Waals surface area contributed by atoms with Crippen LogP contribution in [0, 0.1) is 11.3 Å². The maximum Gasteiger partial charge on any atom is 0.419 e. The molecule has 0 unspecified atom stereocenters. The number of amides is 1. The van der Waals surface area contributed by atoms with Gasteiger partial charge in [0.15, 0.2) is 10.8 Å². The van der Waals surface area contributed by atoms with Crippen LogP contribution in [0.4, 0.5) is 24.5 Å². The third-order valence-electron chi connectivity index (χ3n) is 7.70. The van der Waals surface area contributed by atoms with Gasteiger partial charge in [0.25, 0.3) is 5.91 Å². The van der Waals surface area contributed by atoms with Crippen LogP contribution < -0.4 is 19.9 Å². The zero-order chi connectivity index (χ0) is 28.1. The van der Waals surface area contributed by atoms with Crippen molar-refractivity contribution in [1.29, 1.82) is 5.26 Å². The highest BCUT2D eigenvalue weighted by atomic mass is 32.1. The molecule has 2 atom stereocenters. The van der Waals surface area contributed by atoms with E-state index in [1.807, 2.05) is 19.1 Å². The van der Waals surface area contributed by atoms with E-state index >= 15 is 0 Å². The van der Waals surface area contributed by atoms with Crippen molar-refractivity contribution >= 4 is 34.6 Å². The lowest BCUT2D eigenvalue weighted by Gasteiger charge is -2.30. The number of hydrogen-bond acceptors (Lipinski definition) is 7. The topological polar surface area (TPSA) is 84.7 Å². The molecule has 0 spiro atoms. The van der Waals surface area contributed by atoms with Crippen LogP contribution in [-0.2, 0) is 17.4 Å². The largest absolute Gasteiger partial charge is 0.492 e. The molecule has 1 amide bonds. The summed E-state index contributed by atoms with van der Waals surface area (Å²) in [5, 5.41) is 12.6. The van der Waals surface area contributed by atoms with Gasteiger partial charge in [0.2, 0.25) is 0 Å². The van der Waals surface area contributed by atoms with Crippen LogP contribution in [0.1, 0.15) is 44.0 Å².